The van der Waals surface area contributed by atoms with Crippen molar-refractivity contribution in [3.8, 4) is 11.1 Å². The van der Waals surface area contributed by atoms with Crippen molar-refractivity contribution < 1.29 is 0 Å². The van der Waals surface area contributed by atoms with Crippen LogP contribution in [0.15, 0.2) is 42.7 Å². The first kappa shape index (κ1) is 15.7. The van der Waals surface area contributed by atoms with E-state index in [0.717, 1.165) is 25.9 Å². The number of hydrogen-bond acceptors (Lipinski definition) is 2. The second-order valence-electron chi connectivity index (χ2n) is 6.06. The highest BCUT2D eigenvalue weighted by atomic mass is 14.8. The molecule has 1 N–H and O–H groups in total. The number of hydrogen-bond donors (Lipinski definition) is 1. The molecule has 0 aliphatic heterocycles. The van der Waals surface area contributed by atoms with Crippen molar-refractivity contribution in [1.29, 1.82) is 0 Å². The standard InChI is InChI=1S/C19H26N2/c1-4-8-20-12-17-11-19(14-21-13-17)18-7-5-6-16(10-18)9-15(2)3/h5-7,10-11,13-15,20H,4,8-9,12H2,1-3H3. The van der Waals surface area contributed by atoms with Gasteiger partial charge in [-0.3, -0.25) is 4.98 Å². The third-order valence-corrected chi connectivity index (χ3v) is 3.46. The molecule has 0 radical (unpaired) electrons. The minimum absolute atomic E-state index is 0.683. The second kappa shape index (κ2) is 7.94. The molecule has 2 heteroatoms. The van der Waals surface area contributed by atoms with Crippen LogP contribution in [0.4, 0.5) is 0 Å². The maximum atomic E-state index is 4.39. The van der Waals surface area contributed by atoms with Gasteiger partial charge in [0.2, 0.25) is 0 Å². The highest BCUT2D eigenvalue weighted by Gasteiger charge is 2.03. The summed E-state index contributed by atoms with van der Waals surface area (Å²) in [7, 11) is 0. The Morgan fingerprint density at radius 3 is 2.62 bits per heavy atom. The van der Waals surface area contributed by atoms with E-state index in [1.165, 1.54) is 22.3 Å². The average Bonchev–Trinajstić information content (AvgIpc) is 2.47. The van der Waals surface area contributed by atoms with Crippen LogP contribution in [0.2, 0.25) is 0 Å². The van der Waals surface area contributed by atoms with Gasteiger partial charge in [-0.05, 0) is 48.1 Å². The van der Waals surface area contributed by atoms with Crippen LogP contribution in [-0.4, -0.2) is 11.5 Å². The summed E-state index contributed by atoms with van der Waals surface area (Å²) in [6.45, 7) is 8.64. The minimum Gasteiger partial charge on any atom is -0.313 e. The zero-order valence-electron chi connectivity index (χ0n) is 13.4. The molecule has 0 fully saturated rings. The summed E-state index contributed by atoms with van der Waals surface area (Å²) in [6.07, 6.45) is 6.19. The Balaban J connectivity index is 2.15. The Morgan fingerprint density at radius 2 is 1.86 bits per heavy atom. The van der Waals surface area contributed by atoms with E-state index in [1.807, 2.05) is 12.4 Å². The van der Waals surface area contributed by atoms with Gasteiger partial charge in [-0.2, -0.15) is 0 Å². The molecule has 0 spiro atoms. The Bertz CT molecular complexity index is 561. The molecular weight excluding hydrogens is 256 g/mol. The lowest BCUT2D eigenvalue weighted by atomic mass is 9.98. The van der Waals surface area contributed by atoms with E-state index >= 15 is 0 Å². The summed E-state index contributed by atoms with van der Waals surface area (Å²) in [6, 6.07) is 11.1. The van der Waals surface area contributed by atoms with Gasteiger partial charge in [-0.25, -0.2) is 0 Å². The zero-order chi connectivity index (χ0) is 15.1. The molecular formula is C19H26N2. The molecule has 0 aliphatic carbocycles. The monoisotopic (exact) mass is 282 g/mol. The van der Waals surface area contributed by atoms with Crippen molar-refractivity contribution in [3.05, 3.63) is 53.9 Å². The summed E-state index contributed by atoms with van der Waals surface area (Å²) in [5, 5.41) is 3.43. The van der Waals surface area contributed by atoms with E-state index in [1.54, 1.807) is 0 Å². The normalized spacial score (nSPS) is 11.0. The van der Waals surface area contributed by atoms with Crippen molar-refractivity contribution in [3.63, 3.8) is 0 Å². The predicted octanol–water partition coefficient (Wildman–Crippen LogP) is 4.45. The van der Waals surface area contributed by atoms with E-state index in [4.69, 9.17) is 0 Å². The van der Waals surface area contributed by atoms with Crippen LogP contribution in [0.25, 0.3) is 11.1 Å². The summed E-state index contributed by atoms with van der Waals surface area (Å²) < 4.78 is 0. The maximum Gasteiger partial charge on any atom is 0.0346 e. The van der Waals surface area contributed by atoms with Crippen LogP contribution in [-0.2, 0) is 13.0 Å². The summed E-state index contributed by atoms with van der Waals surface area (Å²) in [4.78, 5) is 4.39. The number of aromatic nitrogens is 1. The summed E-state index contributed by atoms with van der Waals surface area (Å²) >= 11 is 0. The summed E-state index contributed by atoms with van der Waals surface area (Å²) in [5.41, 5.74) is 5.11. The van der Waals surface area contributed by atoms with Gasteiger partial charge >= 0.3 is 0 Å². The fourth-order valence-electron chi connectivity index (χ4n) is 2.50. The van der Waals surface area contributed by atoms with E-state index in [2.05, 4.69) is 61.4 Å². The molecule has 2 aromatic rings. The van der Waals surface area contributed by atoms with Crippen LogP contribution in [0, 0.1) is 5.92 Å². The van der Waals surface area contributed by atoms with Gasteiger partial charge in [-0.1, -0.05) is 45.0 Å². The number of rotatable bonds is 7. The molecule has 2 rings (SSSR count). The van der Waals surface area contributed by atoms with Crippen molar-refractivity contribution in [1.82, 2.24) is 10.3 Å². The summed E-state index contributed by atoms with van der Waals surface area (Å²) in [5.74, 6) is 0.683. The molecule has 0 unspecified atom stereocenters. The molecule has 0 bridgehead atoms. The lowest BCUT2D eigenvalue weighted by molar-refractivity contribution is 0.647. The second-order valence-corrected chi connectivity index (χ2v) is 6.06. The van der Waals surface area contributed by atoms with Crippen LogP contribution in [0.1, 0.15) is 38.3 Å². The average molecular weight is 282 g/mol. The van der Waals surface area contributed by atoms with Crippen LogP contribution < -0.4 is 5.32 Å². The van der Waals surface area contributed by atoms with Crippen LogP contribution in [0.3, 0.4) is 0 Å². The Hall–Kier alpha value is -1.67. The smallest absolute Gasteiger partial charge is 0.0346 e. The number of nitrogens with zero attached hydrogens (tertiary/aromatic N) is 1. The third kappa shape index (κ3) is 4.98. The van der Waals surface area contributed by atoms with E-state index in [-0.39, 0.29) is 0 Å². The molecule has 0 atom stereocenters. The molecule has 0 saturated carbocycles. The molecule has 0 aliphatic rings. The highest BCUT2D eigenvalue weighted by molar-refractivity contribution is 5.63. The quantitative estimate of drug-likeness (QED) is 0.759. The SMILES string of the molecule is CCCNCc1cncc(-c2cccc(CC(C)C)c2)c1. The van der Waals surface area contributed by atoms with E-state index in [0.29, 0.717) is 5.92 Å². The van der Waals surface area contributed by atoms with Crippen molar-refractivity contribution >= 4 is 0 Å². The van der Waals surface area contributed by atoms with Crippen molar-refractivity contribution in [2.24, 2.45) is 5.92 Å². The van der Waals surface area contributed by atoms with Gasteiger partial charge in [0.1, 0.15) is 0 Å². The van der Waals surface area contributed by atoms with E-state index < -0.39 is 0 Å². The largest absolute Gasteiger partial charge is 0.313 e. The zero-order valence-corrected chi connectivity index (χ0v) is 13.4. The van der Waals surface area contributed by atoms with Gasteiger partial charge in [0.15, 0.2) is 0 Å². The molecule has 1 aromatic heterocycles. The third-order valence-electron chi connectivity index (χ3n) is 3.46. The van der Waals surface area contributed by atoms with Crippen molar-refractivity contribution in [2.75, 3.05) is 6.54 Å². The van der Waals surface area contributed by atoms with Crippen LogP contribution in [0.5, 0.6) is 0 Å². The first-order chi connectivity index (χ1) is 10.2. The lowest BCUT2D eigenvalue weighted by Gasteiger charge is -2.09. The van der Waals surface area contributed by atoms with Gasteiger partial charge in [0.05, 0.1) is 0 Å². The van der Waals surface area contributed by atoms with Crippen LogP contribution >= 0.6 is 0 Å². The minimum atomic E-state index is 0.683. The van der Waals surface area contributed by atoms with Gasteiger partial charge in [-0.15, -0.1) is 0 Å². The molecule has 0 amide bonds. The predicted molar refractivity (Wildman–Crippen MR) is 90.2 cm³/mol. The first-order valence-corrected chi connectivity index (χ1v) is 7.93. The number of pyridine rings is 1. The fraction of sp³-hybridized carbons (Fsp3) is 0.421. The number of nitrogens with one attached hydrogen (secondary N) is 1. The van der Waals surface area contributed by atoms with Gasteiger partial charge in [0, 0.05) is 24.5 Å². The molecule has 1 aromatic carbocycles. The Labute approximate surface area is 128 Å². The molecule has 21 heavy (non-hydrogen) atoms. The molecule has 2 nitrogen and oxygen atoms in total. The van der Waals surface area contributed by atoms with E-state index in [9.17, 15) is 0 Å². The van der Waals surface area contributed by atoms with Crippen molar-refractivity contribution in [2.45, 2.75) is 40.2 Å². The topological polar surface area (TPSA) is 24.9 Å². The Kier molecular flexibility index (Phi) is 5.94. The highest BCUT2D eigenvalue weighted by Crippen LogP contribution is 2.22. The molecule has 0 saturated heterocycles. The first-order valence-electron chi connectivity index (χ1n) is 7.93. The fourth-order valence-corrected chi connectivity index (χ4v) is 2.50. The van der Waals surface area contributed by atoms with Gasteiger partial charge < -0.3 is 5.32 Å². The van der Waals surface area contributed by atoms with Gasteiger partial charge in [0.25, 0.3) is 0 Å². The lowest BCUT2D eigenvalue weighted by Crippen LogP contribution is -2.13. The molecule has 112 valence electrons. The number of benzene rings is 1. The Morgan fingerprint density at radius 1 is 1.05 bits per heavy atom. The molecule has 1 heterocycles. The maximum absolute atomic E-state index is 4.39.